The van der Waals surface area contributed by atoms with E-state index in [0.717, 1.165) is 24.6 Å². The quantitative estimate of drug-likeness (QED) is 0.756. The molecule has 0 radical (unpaired) electrons. The van der Waals surface area contributed by atoms with Crippen LogP contribution in [0.5, 0.6) is 0 Å². The van der Waals surface area contributed by atoms with E-state index in [2.05, 4.69) is 34.1 Å². The van der Waals surface area contributed by atoms with E-state index in [0.29, 0.717) is 12.0 Å². The predicted molar refractivity (Wildman–Crippen MR) is 115 cm³/mol. The van der Waals surface area contributed by atoms with Crippen molar-refractivity contribution < 1.29 is 9.13 Å². The number of aliphatic imine (C=N–C) groups is 1. The zero-order valence-corrected chi connectivity index (χ0v) is 17.3. The van der Waals surface area contributed by atoms with E-state index < -0.39 is 0 Å². The second-order valence-electron chi connectivity index (χ2n) is 9.29. The number of amidine groups is 1. The number of ether oxygens (including phenoxy) is 1. The van der Waals surface area contributed by atoms with Crippen molar-refractivity contribution in [3.63, 3.8) is 0 Å². The van der Waals surface area contributed by atoms with Gasteiger partial charge in [0.1, 0.15) is 12.4 Å². The van der Waals surface area contributed by atoms with Crippen LogP contribution in [0, 0.1) is 11.2 Å². The van der Waals surface area contributed by atoms with Crippen LogP contribution in [0.15, 0.2) is 53.5 Å². The first-order chi connectivity index (χ1) is 14.7. The summed E-state index contributed by atoms with van der Waals surface area (Å²) in [5, 5.41) is 0. The highest BCUT2D eigenvalue weighted by molar-refractivity contribution is 5.77. The Balaban J connectivity index is 1.35. The molecule has 4 nitrogen and oxygen atoms in total. The Labute approximate surface area is 177 Å². The molecule has 7 rings (SSSR count). The van der Waals surface area contributed by atoms with Crippen molar-refractivity contribution in [2.24, 2.45) is 10.4 Å². The van der Waals surface area contributed by atoms with Gasteiger partial charge in [0.25, 0.3) is 6.02 Å². The van der Waals surface area contributed by atoms with Gasteiger partial charge in [0.2, 0.25) is 0 Å². The molecule has 2 atom stereocenters. The number of hydrogen-bond donors (Lipinski definition) is 0. The van der Waals surface area contributed by atoms with Crippen LogP contribution in [-0.4, -0.2) is 54.6 Å². The summed E-state index contributed by atoms with van der Waals surface area (Å²) < 4.78 is 19.9. The van der Waals surface area contributed by atoms with Gasteiger partial charge in [0.05, 0.1) is 12.1 Å². The molecule has 5 aliphatic rings. The summed E-state index contributed by atoms with van der Waals surface area (Å²) in [6, 6.07) is 16.6. The molecule has 2 aromatic rings. The van der Waals surface area contributed by atoms with Crippen molar-refractivity contribution >= 4 is 6.02 Å². The van der Waals surface area contributed by atoms with Crippen molar-refractivity contribution in [3.05, 3.63) is 71.0 Å². The Morgan fingerprint density at radius 3 is 2.43 bits per heavy atom. The van der Waals surface area contributed by atoms with E-state index >= 15 is 0 Å². The molecule has 0 N–H and O–H groups in total. The zero-order valence-electron chi connectivity index (χ0n) is 17.3. The van der Waals surface area contributed by atoms with E-state index in [1.54, 1.807) is 12.1 Å². The lowest BCUT2D eigenvalue weighted by Gasteiger charge is -2.50. The molecule has 0 spiro atoms. The minimum atomic E-state index is -0.202. The van der Waals surface area contributed by atoms with Gasteiger partial charge < -0.3 is 14.5 Å². The summed E-state index contributed by atoms with van der Waals surface area (Å²) >= 11 is 0. The minimum absolute atomic E-state index is 0.0127. The summed E-state index contributed by atoms with van der Waals surface area (Å²) in [4.78, 5) is 10.1. The van der Waals surface area contributed by atoms with Gasteiger partial charge in [-0.1, -0.05) is 36.4 Å². The van der Waals surface area contributed by atoms with Gasteiger partial charge in [0.15, 0.2) is 0 Å². The van der Waals surface area contributed by atoms with Crippen molar-refractivity contribution in [2.75, 3.05) is 32.8 Å². The average molecular weight is 406 g/mol. The van der Waals surface area contributed by atoms with E-state index in [9.17, 15) is 4.39 Å². The summed E-state index contributed by atoms with van der Waals surface area (Å²) in [5.74, 6) is -0.202. The van der Waals surface area contributed by atoms with E-state index in [4.69, 9.17) is 9.73 Å². The molecule has 5 heterocycles. The zero-order chi connectivity index (χ0) is 20.1. The maximum Gasteiger partial charge on any atom is 0.288 e. The maximum absolute atomic E-state index is 13.6. The fourth-order valence-corrected chi connectivity index (χ4v) is 5.96. The molecule has 3 fully saturated rings. The van der Waals surface area contributed by atoms with Gasteiger partial charge in [-0.05, 0) is 79.6 Å². The minimum Gasteiger partial charge on any atom is -0.463 e. The van der Waals surface area contributed by atoms with Crippen molar-refractivity contribution in [1.29, 1.82) is 0 Å². The summed E-state index contributed by atoms with van der Waals surface area (Å²) in [6.45, 7) is 5.18. The maximum atomic E-state index is 13.6. The number of piperidine rings is 3. The van der Waals surface area contributed by atoms with Gasteiger partial charge >= 0.3 is 0 Å². The van der Waals surface area contributed by atoms with E-state index in [-0.39, 0.29) is 17.9 Å². The Kier molecular flexibility index (Phi) is 4.34. The van der Waals surface area contributed by atoms with Crippen LogP contribution >= 0.6 is 0 Å². The fraction of sp³-hybridized carbons (Fsp3) is 0.480. The van der Waals surface area contributed by atoms with Crippen LogP contribution in [0.2, 0.25) is 0 Å². The largest absolute Gasteiger partial charge is 0.463 e. The number of rotatable bonds is 2. The highest BCUT2D eigenvalue weighted by Gasteiger charge is 2.48. The molecule has 30 heavy (non-hydrogen) atoms. The van der Waals surface area contributed by atoms with Crippen molar-refractivity contribution in [1.82, 2.24) is 9.80 Å². The molecule has 2 bridgehead atoms. The molecule has 0 aliphatic carbocycles. The normalized spacial score (nSPS) is 32.5. The highest BCUT2D eigenvalue weighted by Crippen LogP contribution is 2.46. The standard InChI is InChI=1S/C25H28FN3O/c26-20-7-5-19(6-8-20)23-21-4-2-1-3-18(21)9-13-29(23)24-27-22(17-30-24)25-10-14-28(15-11-25)16-12-25/h1-8,22-23H,9-17H2/t22-,23-/m0/s1. The Morgan fingerprint density at radius 2 is 1.67 bits per heavy atom. The third-order valence-corrected chi connectivity index (χ3v) is 7.84. The summed E-state index contributed by atoms with van der Waals surface area (Å²) in [6.07, 6.45) is 4.69. The van der Waals surface area contributed by atoms with Gasteiger partial charge in [-0.15, -0.1) is 0 Å². The number of hydrogen-bond acceptors (Lipinski definition) is 4. The lowest BCUT2D eigenvalue weighted by molar-refractivity contribution is 0.00166. The first-order valence-electron chi connectivity index (χ1n) is 11.2. The molecule has 5 heteroatoms. The second-order valence-corrected chi connectivity index (χ2v) is 9.29. The van der Waals surface area contributed by atoms with Gasteiger partial charge in [-0.3, -0.25) is 0 Å². The number of benzene rings is 2. The SMILES string of the molecule is Fc1ccc([C@H]2c3ccccc3CCN2C2=N[C@H](C34CCN(CC3)CC4)CO2)cc1. The molecule has 2 aromatic carbocycles. The number of nitrogens with zero attached hydrogens (tertiary/aromatic N) is 3. The highest BCUT2D eigenvalue weighted by atomic mass is 19.1. The topological polar surface area (TPSA) is 28.1 Å². The van der Waals surface area contributed by atoms with Gasteiger partial charge in [-0.2, -0.15) is 0 Å². The van der Waals surface area contributed by atoms with Gasteiger partial charge in [0, 0.05) is 6.54 Å². The summed E-state index contributed by atoms with van der Waals surface area (Å²) in [7, 11) is 0. The lowest BCUT2D eigenvalue weighted by Crippen LogP contribution is -2.53. The predicted octanol–water partition coefficient (Wildman–Crippen LogP) is 4.01. The second kappa shape index (κ2) is 7.09. The molecule has 0 saturated carbocycles. The van der Waals surface area contributed by atoms with Gasteiger partial charge in [-0.25, -0.2) is 9.38 Å². The number of fused-ring (bicyclic) bond motifs is 4. The molecule has 0 amide bonds. The third-order valence-electron chi connectivity index (χ3n) is 7.84. The molecule has 5 aliphatic heterocycles. The molecular weight excluding hydrogens is 377 g/mol. The monoisotopic (exact) mass is 405 g/mol. The smallest absolute Gasteiger partial charge is 0.288 e. The fourth-order valence-electron chi connectivity index (χ4n) is 5.96. The summed E-state index contributed by atoms with van der Waals surface area (Å²) in [5.41, 5.74) is 4.03. The Bertz CT molecular complexity index is 951. The average Bonchev–Trinajstić information content (AvgIpc) is 3.31. The van der Waals surface area contributed by atoms with Crippen LogP contribution < -0.4 is 0 Å². The van der Waals surface area contributed by atoms with E-state index in [1.807, 2.05) is 12.1 Å². The first-order valence-corrected chi connectivity index (χ1v) is 11.2. The van der Waals surface area contributed by atoms with Crippen LogP contribution in [0.3, 0.4) is 0 Å². The Hall–Kier alpha value is -2.40. The molecule has 156 valence electrons. The van der Waals surface area contributed by atoms with Crippen molar-refractivity contribution in [2.45, 2.75) is 37.8 Å². The third kappa shape index (κ3) is 2.94. The van der Waals surface area contributed by atoms with Crippen molar-refractivity contribution in [3.8, 4) is 0 Å². The van der Waals surface area contributed by atoms with Crippen LogP contribution in [-0.2, 0) is 11.2 Å². The Morgan fingerprint density at radius 1 is 0.933 bits per heavy atom. The molecule has 3 saturated heterocycles. The molecule has 0 unspecified atom stereocenters. The van der Waals surface area contributed by atoms with Crippen LogP contribution in [0.1, 0.15) is 42.0 Å². The first kappa shape index (κ1) is 18.4. The van der Waals surface area contributed by atoms with E-state index in [1.165, 1.54) is 50.0 Å². The number of halogens is 1. The lowest BCUT2D eigenvalue weighted by atomic mass is 9.67. The molecular formula is C25H28FN3O. The molecule has 0 aromatic heterocycles. The van der Waals surface area contributed by atoms with Crippen LogP contribution in [0.4, 0.5) is 4.39 Å². The van der Waals surface area contributed by atoms with Crippen LogP contribution in [0.25, 0.3) is 0 Å².